The molecule has 0 bridgehead atoms. The Labute approximate surface area is 132 Å². The first-order valence-corrected chi connectivity index (χ1v) is 9.46. The summed E-state index contributed by atoms with van der Waals surface area (Å²) in [5, 5.41) is 2.65. The first-order chi connectivity index (χ1) is 10.5. The lowest BCUT2D eigenvalue weighted by molar-refractivity contribution is 0.0956. The molecule has 122 valence electrons. The fraction of sp³-hybridized carbons (Fsp3) is 0.562. The molecule has 22 heavy (non-hydrogen) atoms. The normalized spacial score (nSPS) is 22.2. The van der Waals surface area contributed by atoms with E-state index in [9.17, 15) is 13.2 Å². The molecule has 0 heterocycles. The summed E-state index contributed by atoms with van der Waals surface area (Å²) in [6, 6.07) is 8.81. The van der Waals surface area contributed by atoms with E-state index in [1.54, 1.807) is 24.3 Å². The van der Waals surface area contributed by atoms with Gasteiger partial charge in [0.2, 0.25) is 10.0 Å². The molecule has 2 rings (SSSR count). The summed E-state index contributed by atoms with van der Waals surface area (Å²) < 4.78 is 27.0. The van der Waals surface area contributed by atoms with Crippen LogP contribution in [-0.4, -0.2) is 32.7 Å². The second kappa shape index (κ2) is 7.74. The molecule has 0 aliphatic heterocycles. The quantitative estimate of drug-likeness (QED) is 0.839. The van der Waals surface area contributed by atoms with Gasteiger partial charge >= 0.3 is 0 Å². The van der Waals surface area contributed by atoms with Gasteiger partial charge in [-0.3, -0.25) is 4.79 Å². The smallest absolute Gasteiger partial charge is 0.251 e. The van der Waals surface area contributed by atoms with Gasteiger partial charge in [-0.2, -0.15) is 0 Å². The zero-order valence-corrected chi connectivity index (χ0v) is 13.7. The highest BCUT2D eigenvalue weighted by Gasteiger charge is 2.25. The predicted molar refractivity (Wildman–Crippen MR) is 87.1 cm³/mol. The van der Waals surface area contributed by atoms with Gasteiger partial charge in [-0.05, 0) is 30.9 Å². The number of sulfonamides is 1. The second-order valence-corrected chi connectivity index (χ2v) is 7.80. The Kier molecular flexibility index (Phi) is 5.97. The molecule has 0 radical (unpaired) electrons. The minimum Gasteiger partial charge on any atom is -0.351 e. The number of carbonyl (C=O) groups excluding carboxylic acids is 1. The Hall–Kier alpha value is -1.40. The number of benzene rings is 1. The molecule has 6 heteroatoms. The lowest BCUT2D eigenvalue weighted by Gasteiger charge is -2.29. The lowest BCUT2D eigenvalue weighted by Crippen LogP contribution is -2.43. The Morgan fingerprint density at radius 1 is 1.18 bits per heavy atom. The van der Waals surface area contributed by atoms with E-state index >= 15 is 0 Å². The second-order valence-electron chi connectivity index (χ2n) is 5.93. The van der Waals surface area contributed by atoms with Gasteiger partial charge in [0.1, 0.15) is 0 Å². The zero-order valence-electron chi connectivity index (χ0n) is 12.9. The summed E-state index contributed by atoms with van der Waals surface area (Å²) >= 11 is 0. The molecular weight excluding hydrogens is 300 g/mol. The summed E-state index contributed by atoms with van der Waals surface area (Å²) in [4.78, 5) is 11.8. The predicted octanol–water partition coefficient (Wildman–Crippen LogP) is 1.91. The Bertz CT molecular complexity index is 587. The minimum atomic E-state index is -3.36. The van der Waals surface area contributed by atoms with E-state index in [1.165, 1.54) is 6.42 Å². The van der Waals surface area contributed by atoms with Gasteiger partial charge in [0, 0.05) is 18.2 Å². The van der Waals surface area contributed by atoms with Crippen LogP contribution in [0.4, 0.5) is 0 Å². The molecule has 0 spiro atoms. The molecule has 1 aromatic carbocycles. The molecule has 0 unspecified atom stereocenters. The van der Waals surface area contributed by atoms with E-state index in [0.29, 0.717) is 11.5 Å². The van der Waals surface area contributed by atoms with Crippen LogP contribution in [0.15, 0.2) is 30.3 Å². The summed E-state index contributed by atoms with van der Waals surface area (Å²) in [5.74, 6) is 0.0405. The van der Waals surface area contributed by atoms with Gasteiger partial charge in [-0.25, -0.2) is 13.1 Å². The van der Waals surface area contributed by atoms with Gasteiger partial charge in [-0.15, -0.1) is 0 Å². The van der Waals surface area contributed by atoms with Crippen LogP contribution in [0.25, 0.3) is 0 Å². The van der Waals surface area contributed by atoms with Crippen LogP contribution >= 0.6 is 0 Å². The van der Waals surface area contributed by atoms with E-state index in [2.05, 4.69) is 17.0 Å². The van der Waals surface area contributed by atoms with Crippen molar-refractivity contribution in [3.8, 4) is 0 Å². The van der Waals surface area contributed by atoms with Gasteiger partial charge < -0.3 is 5.32 Å². The molecule has 1 aromatic rings. The van der Waals surface area contributed by atoms with Crippen LogP contribution in [0, 0.1) is 5.92 Å². The largest absolute Gasteiger partial charge is 0.351 e. The van der Waals surface area contributed by atoms with Crippen LogP contribution in [0.2, 0.25) is 0 Å². The molecule has 5 nitrogen and oxygen atoms in total. The third-order valence-electron chi connectivity index (χ3n) is 4.13. The van der Waals surface area contributed by atoms with Crippen molar-refractivity contribution < 1.29 is 13.2 Å². The topological polar surface area (TPSA) is 75.3 Å². The van der Waals surface area contributed by atoms with Crippen molar-refractivity contribution >= 4 is 15.9 Å². The number of rotatable bonds is 6. The Morgan fingerprint density at radius 2 is 1.86 bits per heavy atom. The summed E-state index contributed by atoms with van der Waals surface area (Å²) in [7, 11) is -3.36. The van der Waals surface area contributed by atoms with Crippen molar-refractivity contribution in [2.24, 2.45) is 5.92 Å². The molecule has 1 aliphatic carbocycles. The monoisotopic (exact) mass is 324 g/mol. The molecule has 1 saturated carbocycles. The van der Waals surface area contributed by atoms with E-state index in [1.807, 2.05) is 6.07 Å². The number of amides is 1. The van der Waals surface area contributed by atoms with Gasteiger partial charge in [0.25, 0.3) is 5.91 Å². The SMILES string of the molecule is C[C@@H]1CCCC[C@@H]1NS(=O)(=O)CCNC(=O)c1ccccc1. The zero-order chi connectivity index (χ0) is 16.0. The first-order valence-electron chi connectivity index (χ1n) is 7.81. The maximum absolute atomic E-state index is 12.1. The van der Waals surface area contributed by atoms with Crippen molar-refractivity contribution in [2.45, 2.75) is 38.6 Å². The van der Waals surface area contributed by atoms with Gasteiger partial charge in [-0.1, -0.05) is 38.0 Å². The van der Waals surface area contributed by atoms with E-state index in [0.717, 1.165) is 19.3 Å². The number of hydrogen-bond donors (Lipinski definition) is 2. The first kappa shape index (κ1) is 17.0. The van der Waals surface area contributed by atoms with E-state index in [4.69, 9.17) is 0 Å². The molecule has 0 saturated heterocycles. The average Bonchev–Trinajstić information content (AvgIpc) is 2.50. The van der Waals surface area contributed by atoms with Crippen molar-refractivity contribution in [1.29, 1.82) is 0 Å². The lowest BCUT2D eigenvalue weighted by atomic mass is 9.87. The van der Waals surface area contributed by atoms with Crippen LogP contribution in [0.5, 0.6) is 0 Å². The van der Waals surface area contributed by atoms with Crippen molar-refractivity contribution in [3.63, 3.8) is 0 Å². The summed E-state index contributed by atoms with van der Waals surface area (Å²) in [6.07, 6.45) is 4.21. The molecule has 2 N–H and O–H groups in total. The Balaban J connectivity index is 1.79. The van der Waals surface area contributed by atoms with Crippen LogP contribution in [0.1, 0.15) is 43.0 Å². The van der Waals surface area contributed by atoms with E-state index in [-0.39, 0.29) is 24.2 Å². The van der Waals surface area contributed by atoms with Crippen LogP contribution in [0.3, 0.4) is 0 Å². The summed E-state index contributed by atoms with van der Waals surface area (Å²) in [6.45, 7) is 2.20. The molecule has 1 fully saturated rings. The highest BCUT2D eigenvalue weighted by molar-refractivity contribution is 7.89. The van der Waals surface area contributed by atoms with Gasteiger partial charge in [0.15, 0.2) is 0 Å². The molecule has 2 atom stereocenters. The minimum absolute atomic E-state index is 0.0311. The summed E-state index contributed by atoms with van der Waals surface area (Å²) in [5.41, 5.74) is 0.536. The van der Waals surface area contributed by atoms with Crippen LogP contribution < -0.4 is 10.0 Å². The molecule has 1 amide bonds. The van der Waals surface area contributed by atoms with Gasteiger partial charge in [0.05, 0.1) is 5.75 Å². The van der Waals surface area contributed by atoms with Crippen molar-refractivity contribution in [3.05, 3.63) is 35.9 Å². The maximum Gasteiger partial charge on any atom is 0.251 e. The van der Waals surface area contributed by atoms with E-state index < -0.39 is 10.0 Å². The maximum atomic E-state index is 12.1. The molecule has 1 aliphatic rings. The van der Waals surface area contributed by atoms with Crippen molar-refractivity contribution in [1.82, 2.24) is 10.0 Å². The van der Waals surface area contributed by atoms with Crippen LogP contribution in [-0.2, 0) is 10.0 Å². The van der Waals surface area contributed by atoms with Crippen molar-refractivity contribution in [2.75, 3.05) is 12.3 Å². The highest BCUT2D eigenvalue weighted by atomic mass is 32.2. The third-order valence-corrected chi connectivity index (χ3v) is 5.54. The number of hydrogen-bond acceptors (Lipinski definition) is 3. The highest BCUT2D eigenvalue weighted by Crippen LogP contribution is 2.24. The fourth-order valence-corrected chi connectivity index (χ4v) is 4.07. The standard InChI is InChI=1S/C16H24N2O3S/c1-13-7-5-6-10-15(13)18-22(20,21)12-11-17-16(19)14-8-3-2-4-9-14/h2-4,8-9,13,15,18H,5-7,10-12H2,1H3,(H,17,19)/t13-,15+/m1/s1. The Morgan fingerprint density at radius 3 is 2.55 bits per heavy atom. The molecular formula is C16H24N2O3S. The number of carbonyl (C=O) groups is 1. The fourth-order valence-electron chi connectivity index (χ4n) is 2.77. The number of nitrogens with one attached hydrogen (secondary N) is 2. The molecule has 0 aromatic heterocycles. The third kappa shape index (κ3) is 5.10. The average molecular weight is 324 g/mol.